The molecule has 3 aromatic carbocycles. The lowest BCUT2D eigenvalue weighted by molar-refractivity contribution is -0.122. The summed E-state index contributed by atoms with van der Waals surface area (Å²) in [5.74, 6) is -0.476. The number of nitrogens with zero attached hydrogens (tertiary/aromatic N) is 1. The van der Waals surface area contributed by atoms with Crippen LogP contribution in [0.25, 0.3) is 6.08 Å². The number of ether oxygens (including phenoxy) is 2. The molecular weight excluding hydrogens is 504 g/mol. The van der Waals surface area contributed by atoms with Crippen LogP contribution in [0.5, 0.6) is 11.5 Å². The van der Waals surface area contributed by atoms with E-state index in [1.54, 1.807) is 42.5 Å². The van der Waals surface area contributed by atoms with E-state index in [0.29, 0.717) is 34.4 Å². The fourth-order valence-electron chi connectivity index (χ4n) is 3.89. The molecule has 1 N–H and O–H groups in total. The third-order valence-electron chi connectivity index (χ3n) is 6.20. The van der Waals surface area contributed by atoms with Crippen LogP contribution in [0.2, 0.25) is 5.02 Å². The smallest absolute Gasteiger partial charge is 0.335 e. The number of nitrogens with one attached hydrogen (secondary N) is 1. The van der Waals surface area contributed by atoms with E-state index in [-0.39, 0.29) is 12.2 Å². The molecule has 0 atom stereocenters. The molecule has 0 unspecified atom stereocenters. The largest absolute Gasteiger partial charge is 0.494 e. The minimum absolute atomic E-state index is 0.217. The van der Waals surface area contributed by atoms with Crippen LogP contribution in [0.4, 0.5) is 10.5 Å². The van der Waals surface area contributed by atoms with Crippen molar-refractivity contribution in [3.05, 3.63) is 93.5 Å². The van der Waals surface area contributed by atoms with E-state index in [0.717, 1.165) is 28.9 Å². The summed E-state index contributed by atoms with van der Waals surface area (Å²) in [5, 5.41) is 2.65. The van der Waals surface area contributed by atoms with Gasteiger partial charge in [0.1, 0.15) is 23.7 Å². The van der Waals surface area contributed by atoms with E-state index in [2.05, 4.69) is 12.2 Å². The molecule has 0 spiro atoms. The first-order valence-electron chi connectivity index (χ1n) is 12.4. The maximum atomic E-state index is 13.4. The highest BCUT2D eigenvalue weighted by atomic mass is 35.5. The maximum Gasteiger partial charge on any atom is 0.335 e. The lowest BCUT2D eigenvalue weighted by atomic mass is 10.1. The van der Waals surface area contributed by atoms with Gasteiger partial charge < -0.3 is 9.47 Å². The van der Waals surface area contributed by atoms with E-state index in [1.807, 2.05) is 32.0 Å². The predicted molar refractivity (Wildman–Crippen MR) is 148 cm³/mol. The monoisotopic (exact) mass is 532 g/mol. The van der Waals surface area contributed by atoms with Gasteiger partial charge in [-0.25, -0.2) is 9.69 Å². The summed E-state index contributed by atoms with van der Waals surface area (Å²) >= 11 is 6.22. The lowest BCUT2D eigenvalue weighted by Gasteiger charge is -2.26. The van der Waals surface area contributed by atoms with Crippen molar-refractivity contribution in [1.82, 2.24) is 5.32 Å². The van der Waals surface area contributed by atoms with Gasteiger partial charge in [0.15, 0.2) is 0 Å². The lowest BCUT2D eigenvalue weighted by Crippen LogP contribution is -2.54. The summed E-state index contributed by atoms with van der Waals surface area (Å²) in [6.07, 6.45) is 3.32. The Hall–Kier alpha value is -4.10. The van der Waals surface area contributed by atoms with Crippen molar-refractivity contribution >= 4 is 41.2 Å². The Morgan fingerprint density at radius 3 is 2.39 bits per heavy atom. The first kappa shape index (κ1) is 26.9. The van der Waals surface area contributed by atoms with Gasteiger partial charge >= 0.3 is 6.03 Å². The molecule has 4 amide bonds. The number of unbranched alkanes of at least 4 members (excludes halogenated alkanes) is 1. The van der Waals surface area contributed by atoms with Gasteiger partial charge in [0.25, 0.3) is 11.8 Å². The van der Waals surface area contributed by atoms with Gasteiger partial charge in [-0.1, -0.05) is 43.1 Å². The Morgan fingerprint density at radius 2 is 1.68 bits per heavy atom. The fraction of sp³-hybridized carbons (Fsp3) is 0.233. The molecule has 38 heavy (non-hydrogen) atoms. The second kappa shape index (κ2) is 12.0. The molecule has 0 aliphatic carbocycles. The van der Waals surface area contributed by atoms with Crippen LogP contribution < -0.4 is 19.7 Å². The molecule has 3 aromatic rings. The molecule has 1 saturated heterocycles. The molecule has 1 aliphatic heterocycles. The number of hydrogen-bond acceptors (Lipinski definition) is 5. The SMILES string of the molecule is CCCCOc1ccc(N2C(=O)NC(=O)/C(=C/c3cc(Cl)ccc3OCc3ccc(C)c(C)c3)C2=O)cc1. The molecule has 196 valence electrons. The Balaban J connectivity index is 1.59. The Bertz CT molecular complexity index is 1400. The third kappa shape index (κ3) is 6.23. The molecule has 0 aromatic heterocycles. The number of amides is 4. The van der Waals surface area contributed by atoms with Crippen LogP contribution in [0, 0.1) is 13.8 Å². The Morgan fingerprint density at radius 1 is 0.921 bits per heavy atom. The average molecular weight is 533 g/mol. The summed E-state index contributed by atoms with van der Waals surface area (Å²) in [4.78, 5) is 39.6. The number of hydrogen-bond donors (Lipinski definition) is 1. The third-order valence-corrected chi connectivity index (χ3v) is 6.44. The van der Waals surface area contributed by atoms with Crippen molar-refractivity contribution in [3.63, 3.8) is 0 Å². The van der Waals surface area contributed by atoms with Gasteiger partial charge in [0.05, 0.1) is 12.3 Å². The highest BCUT2D eigenvalue weighted by Gasteiger charge is 2.37. The van der Waals surface area contributed by atoms with Crippen molar-refractivity contribution in [3.8, 4) is 11.5 Å². The quantitative estimate of drug-likeness (QED) is 0.196. The molecule has 0 bridgehead atoms. The second-order valence-corrected chi connectivity index (χ2v) is 9.48. The maximum absolute atomic E-state index is 13.4. The second-order valence-electron chi connectivity index (χ2n) is 9.04. The molecule has 7 nitrogen and oxygen atoms in total. The summed E-state index contributed by atoms with van der Waals surface area (Å²) in [5.41, 5.74) is 3.85. The zero-order valence-corrected chi connectivity index (χ0v) is 22.3. The number of barbiturate groups is 1. The van der Waals surface area contributed by atoms with Crippen LogP contribution in [-0.2, 0) is 16.2 Å². The van der Waals surface area contributed by atoms with E-state index >= 15 is 0 Å². The standard InChI is InChI=1S/C30H29ClN2O5/c1-4-5-14-37-25-11-9-24(10-12-25)33-29(35)26(28(34)32-30(33)36)17-22-16-23(31)8-13-27(22)38-18-21-7-6-19(2)20(3)15-21/h6-13,15-17H,4-5,14,18H2,1-3H3,(H,32,34,36)/b26-17-. The van der Waals surface area contributed by atoms with E-state index < -0.39 is 17.8 Å². The summed E-state index contributed by atoms with van der Waals surface area (Å²) in [6.45, 7) is 7.01. The first-order valence-corrected chi connectivity index (χ1v) is 12.8. The van der Waals surface area contributed by atoms with Crippen LogP contribution in [0.15, 0.2) is 66.2 Å². The average Bonchev–Trinajstić information content (AvgIpc) is 2.89. The van der Waals surface area contributed by atoms with Gasteiger partial charge in [-0.3, -0.25) is 14.9 Å². The summed E-state index contributed by atoms with van der Waals surface area (Å²) in [6, 6.07) is 16.8. The number of aryl methyl sites for hydroxylation is 2. The van der Waals surface area contributed by atoms with Crippen LogP contribution >= 0.6 is 11.6 Å². The number of urea groups is 1. The molecule has 1 heterocycles. The fourth-order valence-corrected chi connectivity index (χ4v) is 4.07. The molecule has 0 saturated carbocycles. The predicted octanol–water partition coefficient (Wildman–Crippen LogP) is 6.38. The van der Waals surface area contributed by atoms with Gasteiger partial charge in [-0.2, -0.15) is 0 Å². The van der Waals surface area contributed by atoms with Crippen molar-refractivity contribution in [2.24, 2.45) is 0 Å². The summed E-state index contributed by atoms with van der Waals surface area (Å²) in [7, 11) is 0. The zero-order chi connectivity index (χ0) is 27.2. The van der Waals surface area contributed by atoms with Gasteiger partial charge in [0, 0.05) is 10.6 Å². The first-order chi connectivity index (χ1) is 18.3. The number of anilines is 1. The number of benzene rings is 3. The van der Waals surface area contributed by atoms with Crippen molar-refractivity contribution in [1.29, 1.82) is 0 Å². The van der Waals surface area contributed by atoms with Crippen LogP contribution in [0.3, 0.4) is 0 Å². The van der Waals surface area contributed by atoms with Crippen molar-refractivity contribution in [2.75, 3.05) is 11.5 Å². The van der Waals surface area contributed by atoms with Gasteiger partial charge in [-0.15, -0.1) is 0 Å². The summed E-state index contributed by atoms with van der Waals surface area (Å²) < 4.78 is 11.7. The minimum Gasteiger partial charge on any atom is -0.494 e. The zero-order valence-electron chi connectivity index (χ0n) is 21.5. The molecular formula is C30H29ClN2O5. The number of carbonyl (C=O) groups is 3. The topological polar surface area (TPSA) is 84.9 Å². The van der Waals surface area contributed by atoms with Crippen molar-refractivity contribution < 1.29 is 23.9 Å². The minimum atomic E-state index is -0.825. The van der Waals surface area contributed by atoms with E-state index in [4.69, 9.17) is 21.1 Å². The number of imide groups is 2. The number of carbonyl (C=O) groups excluding carboxylic acids is 3. The molecule has 0 radical (unpaired) electrons. The number of halogens is 1. The van der Waals surface area contributed by atoms with Crippen LogP contribution in [0.1, 0.15) is 42.0 Å². The van der Waals surface area contributed by atoms with Crippen LogP contribution in [-0.4, -0.2) is 24.5 Å². The van der Waals surface area contributed by atoms with E-state index in [9.17, 15) is 14.4 Å². The highest BCUT2D eigenvalue weighted by Crippen LogP contribution is 2.29. The normalized spacial score (nSPS) is 14.6. The van der Waals surface area contributed by atoms with Gasteiger partial charge in [0.2, 0.25) is 0 Å². The molecule has 8 heteroatoms. The van der Waals surface area contributed by atoms with E-state index in [1.165, 1.54) is 11.6 Å². The molecule has 1 fully saturated rings. The molecule has 4 rings (SSSR count). The highest BCUT2D eigenvalue weighted by molar-refractivity contribution is 6.39. The Labute approximate surface area is 227 Å². The van der Waals surface area contributed by atoms with Crippen molar-refractivity contribution in [2.45, 2.75) is 40.2 Å². The number of rotatable bonds is 9. The van der Waals surface area contributed by atoms with Gasteiger partial charge in [-0.05, 0) is 85.5 Å². The Kier molecular flexibility index (Phi) is 8.48. The molecule has 1 aliphatic rings.